The van der Waals surface area contributed by atoms with E-state index in [0.29, 0.717) is 19.3 Å². The van der Waals surface area contributed by atoms with Gasteiger partial charge in [-0.25, -0.2) is 9.78 Å². The molecular formula is C9H11NO3. The van der Waals surface area contributed by atoms with E-state index in [2.05, 4.69) is 9.78 Å². The van der Waals surface area contributed by atoms with Gasteiger partial charge in [0.15, 0.2) is 0 Å². The van der Waals surface area contributed by atoms with Crippen molar-refractivity contribution in [2.24, 2.45) is 0 Å². The second kappa shape index (κ2) is 10.6. The zero-order valence-corrected chi connectivity index (χ0v) is 7.18. The van der Waals surface area contributed by atoms with E-state index in [-0.39, 0.29) is 6.61 Å². The molecule has 0 rings (SSSR count). The maximum atomic E-state index is 9.80. The van der Waals surface area contributed by atoms with E-state index < -0.39 is 0 Å². The molecule has 0 aliphatic carbocycles. The summed E-state index contributed by atoms with van der Waals surface area (Å²) in [5.41, 5.74) is 0. The number of rotatable bonds is 7. The summed E-state index contributed by atoms with van der Waals surface area (Å²) in [6.07, 6.45) is 7.32. The monoisotopic (exact) mass is 181 g/mol. The molecule has 0 N–H and O–H groups in total. The summed E-state index contributed by atoms with van der Waals surface area (Å²) in [6, 6.07) is 1.91. The van der Waals surface area contributed by atoms with Crippen molar-refractivity contribution in [1.29, 1.82) is 5.26 Å². The molecule has 0 unspecified atom stereocenters. The third-order valence-electron chi connectivity index (χ3n) is 0.982. The van der Waals surface area contributed by atoms with Gasteiger partial charge in [-0.15, -0.1) is 0 Å². The van der Waals surface area contributed by atoms with Crippen LogP contribution in [0.1, 0.15) is 6.42 Å². The molecule has 0 saturated carbocycles. The van der Waals surface area contributed by atoms with E-state index in [4.69, 9.17) is 5.26 Å². The van der Waals surface area contributed by atoms with Crippen LogP contribution in [0.15, 0.2) is 24.3 Å². The minimum absolute atomic E-state index is 0.272. The second-order valence-electron chi connectivity index (χ2n) is 1.96. The number of nitrogens with zero attached hydrogens (tertiary/aromatic N) is 1. The van der Waals surface area contributed by atoms with Crippen molar-refractivity contribution in [1.82, 2.24) is 0 Å². The third-order valence-corrected chi connectivity index (χ3v) is 0.982. The maximum absolute atomic E-state index is 9.80. The van der Waals surface area contributed by atoms with Crippen LogP contribution in [-0.4, -0.2) is 19.5 Å². The number of hydrogen-bond donors (Lipinski definition) is 0. The first-order valence-electron chi connectivity index (χ1n) is 3.80. The summed E-state index contributed by atoms with van der Waals surface area (Å²) in [7, 11) is 0. The van der Waals surface area contributed by atoms with E-state index >= 15 is 0 Å². The van der Waals surface area contributed by atoms with Crippen molar-refractivity contribution < 1.29 is 14.6 Å². The molecule has 0 aromatic rings. The topological polar surface area (TPSA) is 59.3 Å². The van der Waals surface area contributed by atoms with Crippen LogP contribution in [0, 0.1) is 11.3 Å². The van der Waals surface area contributed by atoms with Crippen LogP contribution in [0.5, 0.6) is 0 Å². The van der Waals surface area contributed by atoms with Crippen LogP contribution in [0.3, 0.4) is 0 Å². The molecule has 4 heteroatoms. The number of carbonyl (C=O) groups excluding carboxylic acids is 1. The highest BCUT2D eigenvalue weighted by Crippen LogP contribution is 1.84. The van der Waals surface area contributed by atoms with Crippen molar-refractivity contribution in [3.63, 3.8) is 0 Å². The normalized spacial score (nSPS) is 10.7. The fraction of sp³-hybridized carbons (Fsp3) is 0.333. The Labute approximate surface area is 77.0 Å². The van der Waals surface area contributed by atoms with Crippen LogP contribution < -0.4 is 0 Å². The summed E-state index contributed by atoms with van der Waals surface area (Å²) >= 11 is 0. The summed E-state index contributed by atoms with van der Waals surface area (Å²) in [6.45, 7) is 0.573. The number of carbonyl (C=O) groups is 1. The predicted molar refractivity (Wildman–Crippen MR) is 46.5 cm³/mol. The van der Waals surface area contributed by atoms with Gasteiger partial charge in [-0.1, -0.05) is 18.2 Å². The molecule has 0 aromatic carbocycles. The minimum atomic E-state index is 0.272. The molecule has 0 aromatic heterocycles. The molecular weight excluding hydrogens is 170 g/mol. The molecule has 70 valence electrons. The van der Waals surface area contributed by atoms with Crippen LogP contribution in [0.4, 0.5) is 0 Å². The van der Waals surface area contributed by atoms with E-state index in [1.54, 1.807) is 18.2 Å². The molecule has 0 aliphatic rings. The summed E-state index contributed by atoms with van der Waals surface area (Å²) < 4.78 is 0. The fourth-order valence-corrected chi connectivity index (χ4v) is 0.477. The first kappa shape index (κ1) is 11.6. The first-order chi connectivity index (χ1) is 6.41. The maximum Gasteiger partial charge on any atom is 0.142 e. The van der Waals surface area contributed by atoms with Crippen molar-refractivity contribution >= 4 is 6.29 Å². The summed E-state index contributed by atoms with van der Waals surface area (Å²) in [5.74, 6) is 0. The number of aldehydes is 1. The van der Waals surface area contributed by atoms with E-state index in [1.165, 1.54) is 6.08 Å². The van der Waals surface area contributed by atoms with Gasteiger partial charge in [-0.2, -0.15) is 5.26 Å². The SMILES string of the molecule is N#CCCOOC/C=C/C=C/C=O. The van der Waals surface area contributed by atoms with Crippen molar-refractivity contribution in [2.45, 2.75) is 6.42 Å². The Morgan fingerprint density at radius 3 is 2.77 bits per heavy atom. The molecule has 0 atom stereocenters. The van der Waals surface area contributed by atoms with Crippen LogP contribution >= 0.6 is 0 Å². The zero-order chi connectivity index (χ0) is 9.78. The lowest BCUT2D eigenvalue weighted by Crippen LogP contribution is -1.95. The average molecular weight is 181 g/mol. The van der Waals surface area contributed by atoms with Gasteiger partial charge in [0.05, 0.1) is 19.1 Å². The van der Waals surface area contributed by atoms with Crippen LogP contribution in [-0.2, 0) is 14.6 Å². The van der Waals surface area contributed by atoms with Gasteiger partial charge in [-0.3, -0.25) is 4.79 Å². The van der Waals surface area contributed by atoms with Crippen molar-refractivity contribution in [3.8, 4) is 6.07 Å². The lowest BCUT2D eigenvalue weighted by atomic mass is 10.4. The van der Waals surface area contributed by atoms with Gasteiger partial charge in [0.2, 0.25) is 0 Å². The Morgan fingerprint density at radius 2 is 2.08 bits per heavy atom. The second-order valence-corrected chi connectivity index (χ2v) is 1.96. The van der Waals surface area contributed by atoms with Gasteiger partial charge < -0.3 is 0 Å². The highest BCUT2D eigenvalue weighted by Gasteiger charge is 1.84. The average Bonchev–Trinajstić information content (AvgIpc) is 2.16. The Hall–Kier alpha value is -1.44. The third kappa shape index (κ3) is 10.6. The molecule has 0 aliphatic heterocycles. The molecule has 0 heterocycles. The fourth-order valence-electron chi connectivity index (χ4n) is 0.477. The number of allylic oxidation sites excluding steroid dienone is 3. The molecule has 0 saturated heterocycles. The van der Waals surface area contributed by atoms with Crippen molar-refractivity contribution in [3.05, 3.63) is 24.3 Å². The van der Waals surface area contributed by atoms with Gasteiger partial charge in [0.1, 0.15) is 12.9 Å². The quantitative estimate of drug-likeness (QED) is 0.148. The zero-order valence-electron chi connectivity index (χ0n) is 7.18. The number of nitriles is 1. The Morgan fingerprint density at radius 1 is 1.23 bits per heavy atom. The summed E-state index contributed by atoms with van der Waals surface area (Å²) in [4.78, 5) is 19.1. The highest BCUT2D eigenvalue weighted by molar-refractivity contribution is 5.65. The first-order valence-corrected chi connectivity index (χ1v) is 3.80. The van der Waals surface area contributed by atoms with E-state index in [0.717, 1.165) is 0 Å². The van der Waals surface area contributed by atoms with E-state index in [9.17, 15) is 4.79 Å². The molecule has 4 nitrogen and oxygen atoms in total. The molecule has 0 amide bonds. The predicted octanol–water partition coefficient (Wildman–Crippen LogP) is 1.16. The lowest BCUT2D eigenvalue weighted by molar-refractivity contribution is -0.284. The summed E-state index contributed by atoms with van der Waals surface area (Å²) in [5, 5.41) is 8.12. The lowest BCUT2D eigenvalue weighted by Gasteiger charge is -1.96. The number of hydrogen-bond acceptors (Lipinski definition) is 4. The van der Waals surface area contributed by atoms with Crippen molar-refractivity contribution in [2.75, 3.05) is 13.2 Å². The standard InChI is InChI=1S/C9H11NO3/c10-6-5-9-13-12-8-4-2-1-3-7-11/h1-4,7H,5,8-9H2/b3-1+,4-2+. The molecule has 0 radical (unpaired) electrons. The molecule has 0 fully saturated rings. The molecule has 0 spiro atoms. The van der Waals surface area contributed by atoms with Crippen LogP contribution in [0.25, 0.3) is 0 Å². The van der Waals surface area contributed by atoms with E-state index in [1.807, 2.05) is 6.07 Å². The highest BCUT2D eigenvalue weighted by atomic mass is 17.2. The smallest absolute Gasteiger partial charge is 0.142 e. The Balaban J connectivity index is 3.16. The van der Waals surface area contributed by atoms with Gasteiger partial charge in [0.25, 0.3) is 0 Å². The molecule has 13 heavy (non-hydrogen) atoms. The largest absolute Gasteiger partial charge is 0.299 e. The van der Waals surface area contributed by atoms with Gasteiger partial charge >= 0.3 is 0 Å². The Kier molecular flexibility index (Phi) is 9.39. The van der Waals surface area contributed by atoms with Gasteiger partial charge in [0, 0.05) is 0 Å². The van der Waals surface area contributed by atoms with Crippen LogP contribution in [0.2, 0.25) is 0 Å². The minimum Gasteiger partial charge on any atom is -0.299 e. The van der Waals surface area contributed by atoms with Gasteiger partial charge in [-0.05, 0) is 6.08 Å². The molecule has 0 bridgehead atoms. The Bertz CT molecular complexity index is 215.